The standard InChI is InChI=1S/C22H29NO4S/c1-5-17(3)23(22(24)21(6-2)19-10-8-7-9-11-19)16-18-12-14-20(15-13-18)27-28(4,25)26/h7-15,17,21H,5-6,16H2,1-4H3/t17-,21-/m1/s1. The van der Waals surface area contributed by atoms with Gasteiger partial charge in [0.1, 0.15) is 5.75 Å². The molecule has 28 heavy (non-hydrogen) atoms. The van der Waals surface area contributed by atoms with E-state index in [-0.39, 0.29) is 23.6 Å². The van der Waals surface area contributed by atoms with Gasteiger partial charge in [-0.1, -0.05) is 56.3 Å². The predicted octanol–water partition coefficient (Wildman–Crippen LogP) is 4.35. The highest BCUT2D eigenvalue weighted by atomic mass is 32.2. The van der Waals surface area contributed by atoms with Crippen molar-refractivity contribution in [3.63, 3.8) is 0 Å². The number of amides is 1. The molecule has 6 heteroatoms. The van der Waals surface area contributed by atoms with Gasteiger partial charge in [-0.3, -0.25) is 4.79 Å². The lowest BCUT2D eigenvalue weighted by molar-refractivity contribution is -0.135. The van der Waals surface area contributed by atoms with Crippen molar-refractivity contribution < 1.29 is 17.4 Å². The third-order valence-corrected chi connectivity index (χ3v) is 5.33. The second-order valence-corrected chi connectivity index (χ2v) is 8.60. The van der Waals surface area contributed by atoms with Crippen LogP contribution in [-0.2, 0) is 21.5 Å². The zero-order valence-corrected chi connectivity index (χ0v) is 17.8. The summed E-state index contributed by atoms with van der Waals surface area (Å²) in [5, 5.41) is 0. The summed E-state index contributed by atoms with van der Waals surface area (Å²) in [6, 6.07) is 16.8. The summed E-state index contributed by atoms with van der Waals surface area (Å²) in [6.45, 7) is 6.62. The van der Waals surface area contributed by atoms with Gasteiger partial charge in [-0.15, -0.1) is 0 Å². The Hall–Kier alpha value is -2.34. The normalized spacial score (nSPS) is 13.6. The van der Waals surface area contributed by atoms with E-state index in [0.29, 0.717) is 6.54 Å². The van der Waals surface area contributed by atoms with Gasteiger partial charge in [0, 0.05) is 12.6 Å². The average molecular weight is 404 g/mol. The SMILES string of the molecule is CC[C@@H](C)N(Cc1ccc(OS(C)(=O)=O)cc1)C(=O)[C@H](CC)c1ccccc1. The minimum Gasteiger partial charge on any atom is -0.383 e. The second-order valence-electron chi connectivity index (χ2n) is 7.03. The molecule has 0 heterocycles. The quantitative estimate of drug-likeness (QED) is 0.584. The third kappa shape index (κ3) is 6.09. The van der Waals surface area contributed by atoms with Crippen molar-refractivity contribution in [2.45, 2.75) is 52.1 Å². The molecule has 0 radical (unpaired) electrons. The number of carbonyl (C=O) groups is 1. The van der Waals surface area contributed by atoms with Crippen molar-refractivity contribution >= 4 is 16.0 Å². The van der Waals surface area contributed by atoms with E-state index in [1.54, 1.807) is 24.3 Å². The molecule has 0 saturated heterocycles. The van der Waals surface area contributed by atoms with E-state index in [9.17, 15) is 13.2 Å². The summed E-state index contributed by atoms with van der Waals surface area (Å²) >= 11 is 0. The largest absolute Gasteiger partial charge is 0.383 e. The molecule has 0 N–H and O–H groups in total. The number of carbonyl (C=O) groups excluding carboxylic acids is 1. The number of hydrogen-bond acceptors (Lipinski definition) is 4. The van der Waals surface area contributed by atoms with Gasteiger partial charge in [0.25, 0.3) is 0 Å². The fourth-order valence-corrected chi connectivity index (χ4v) is 3.59. The number of nitrogens with zero attached hydrogens (tertiary/aromatic N) is 1. The molecule has 0 aromatic heterocycles. The highest BCUT2D eigenvalue weighted by molar-refractivity contribution is 7.86. The molecule has 2 rings (SSSR count). The van der Waals surface area contributed by atoms with Crippen LogP contribution in [0.5, 0.6) is 5.75 Å². The van der Waals surface area contributed by atoms with E-state index >= 15 is 0 Å². The smallest absolute Gasteiger partial charge is 0.306 e. The summed E-state index contributed by atoms with van der Waals surface area (Å²) < 4.78 is 27.4. The van der Waals surface area contributed by atoms with Crippen LogP contribution in [0.3, 0.4) is 0 Å². The summed E-state index contributed by atoms with van der Waals surface area (Å²) in [6.07, 6.45) is 2.60. The van der Waals surface area contributed by atoms with Crippen molar-refractivity contribution in [1.82, 2.24) is 4.90 Å². The molecule has 0 bridgehead atoms. The Morgan fingerprint density at radius 3 is 2.11 bits per heavy atom. The fraction of sp³-hybridized carbons (Fsp3) is 0.409. The Balaban J connectivity index is 2.22. The minimum atomic E-state index is -3.55. The maximum absolute atomic E-state index is 13.4. The minimum absolute atomic E-state index is 0.0946. The van der Waals surface area contributed by atoms with Crippen molar-refractivity contribution in [1.29, 1.82) is 0 Å². The van der Waals surface area contributed by atoms with Crippen molar-refractivity contribution in [3.05, 3.63) is 65.7 Å². The fourth-order valence-electron chi connectivity index (χ4n) is 3.13. The van der Waals surface area contributed by atoms with Gasteiger partial charge in [0.15, 0.2) is 0 Å². The average Bonchev–Trinajstić information content (AvgIpc) is 2.67. The first-order valence-corrected chi connectivity index (χ1v) is 11.4. The van der Waals surface area contributed by atoms with Crippen LogP contribution >= 0.6 is 0 Å². The van der Waals surface area contributed by atoms with E-state index in [1.807, 2.05) is 42.2 Å². The zero-order valence-electron chi connectivity index (χ0n) is 17.0. The highest BCUT2D eigenvalue weighted by Gasteiger charge is 2.27. The van der Waals surface area contributed by atoms with Crippen LogP contribution in [0.15, 0.2) is 54.6 Å². The van der Waals surface area contributed by atoms with Crippen molar-refractivity contribution in [3.8, 4) is 5.75 Å². The lowest BCUT2D eigenvalue weighted by Gasteiger charge is -2.32. The van der Waals surface area contributed by atoms with E-state index < -0.39 is 10.1 Å². The molecule has 0 unspecified atom stereocenters. The molecule has 1 amide bonds. The molecule has 5 nitrogen and oxygen atoms in total. The summed E-state index contributed by atoms with van der Waals surface area (Å²) in [4.78, 5) is 15.3. The molecule has 0 spiro atoms. The molecule has 0 aliphatic carbocycles. The summed E-state index contributed by atoms with van der Waals surface area (Å²) in [5.74, 6) is 0.200. The van der Waals surface area contributed by atoms with Gasteiger partial charge in [0.05, 0.1) is 12.2 Å². The summed E-state index contributed by atoms with van der Waals surface area (Å²) in [7, 11) is -3.55. The van der Waals surface area contributed by atoms with Gasteiger partial charge >= 0.3 is 10.1 Å². The third-order valence-electron chi connectivity index (χ3n) is 4.84. The number of hydrogen-bond donors (Lipinski definition) is 0. The molecule has 2 atom stereocenters. The molecule has 2 aromatic carbocycles. The summed E-state index contributed by atoms with van der Waals surface area (Å²) in [5.41, 5.74) is 1.96. The first kappa shape index (κ1) is 22.0. The lowest BCUT2D eigenvalue weighted by atomic mass is 9.94. The monoisotopic (exact) mass is 403 g/mol. The number of rotatable bonds is 9. The molecular formula is C22H29NO4S. The molecule has 2 aromatic rings. The first-order chi connectivity index (χ1) is 13.2. The Kier molecular flexibility index (Phi) is 7.63. The van der Waals surface area contributed by atoms with Crippen LogP contribution in [0.4, 0.5) is 0 Å². The van der Waals surface area contributed by atoms with E-state index in [0.717, 1.165) is 30.2 Å². The van der Waals surface area contributed by atoms with Crippen molar-refractivity contribution in [2.24, 2.45) is 0 Å². The van der Waals surface area contributed by atoms with E-state index in [1.165, 1.54) is 0 Å². The van der Waals surface area contributed by atoms with Crippen LogP contribution in [0.25, 0.3) is 0 Å². The molecule has 0 aliphatic rings. The molecule has 0 saturated carbocycles. The molecular weight excluding hydrogens is 374 g/mol. The maximum atomic E-state index is 13.4. The zero-order chi connectivity index (χ0) is 20.7. The van der Waals surface area contributed by atoms with Crippen LogP contribution in [0, 0.1) is 0 Å². The Morgan fingerprint density at radius 2 is 1.61 bits per heavy atom. The molecule has 152 valence electrons. The predicted molar refractivity (Wildman–Crippen MR) is 112 cm³/mol. The first-order valence-electron chi connectivity index (χ1n) is 9.59. The van der Waals surface area contributed by atoms with Crippen molar-refractivity contribution in [2.75, 3.05) is 6.26 Å². The van der Waals surface area contributed by atoms with Gasteiger partial charge in [-0.05, 0) is 43.0 Å². The number of benzene rings is 2. The maximum Gasteiger partial charge on any atom is 0.306 e. The molecule has 0 fully saturated rings. The van der Waals surface area contributed by atoms with Crippen LogP contribution in [0.2, 0.25) is 0 Å². The highest BCUT2D eigenvalue weighted by Crippen LogP contribution is 2.25. The van der Waals surface area contributed by atoms with E-state index in [4.69, 9.17) is 4.18 Å². The lowest BCUT2D eigenvalue weighted by Crippen LogP contribution is -2.40. The van der Waals surface area contributed by atoms with Gasteiger partial charge in [-0.2, -0.15) is 8.42 Å². The Bertz CT molecular complexity index is 863. The Morgan fingerprint density at radius 1 is 1.00 bits per heavy atom. The van der Waals surface area contributed by atoms with Crippen LogP contribution in [0.1, 0.15) is 50.7 Å². The van der Waals surface area contributed by atoms with Crippen LogP contribution < -0.4 is 4.18 Å². The van der Waals surface area contributed by atoms with Gasteiger partial charge < -0.3 is 9.08 Å². The second kappa shape index (κ2) is 9.73. The van der Waals surface area contributed by atoms with E-state index in [2.05, 4.69) is 13.8 Å². The topological polar surface area (TPSA) is 63.7 Å². The van der Waals surface area contributed by atoms with Gasteiger partial charge in [-0.25, -0.2) is 0 Å². The Labute approximate surface area is 168 Å². The van der Waals surface area contributed by atoms with Crippen LogP contribution in [-0.4, -0.2) is 31.5 Å². The molecule has 0 aliphatic heterocycles. The van der Waals surface area contributed by atoms with Gasteiger partial charge in [0.2, 0.25) is 5.91 Å².